The van der Waals surface area contributed by atoms with Crippen molar-refractivity contribution in [2.45, 2.75) is 30.5 Å². The smallest absolute Gasteiger partial charge is 0.289 e. The number of amides is 1. The average Bonchev–Trinajstić information content (AvgIpc) is 3.31. The Morgan fingerprint density at radius 1 is 0.941 bits per heavy atom. The van der Waals surface area contributed by atoms with E-state index in [0.717, 1.165) is 28.5 Å². The lowest BCUT2D eigenvalue weighted by molar-refractivity contribution is 0.0751. The number of ether oxygens (including phenoxy) is 1. The fourth-order valence-corrected chi connectivity index (χ4v) is 5.06. The summed E-state index contributed by atoms with van der Waals surface area (Å²) in [6.45, 7) is 2.95. The van der Waals surface area contributed by atoms with Gasteiger partial charge in [-0.1, -0.05) is 55.5 Å². The topological polar surface area (TPSA) is 76.8 Å². The Kier molecular flexibility index (Phi) is 7.03. The maximum atomic E-state index is 13.1. The second-order valence-corrected chi connectivity index (χ2v) is 10.1. The molecule has 1 aromatic heterocycles. The fraction of sp³-hybridized carbons (Fsp3) is 0.222. The van der Waals surface area contributed by atoms with E-state index in [1.807, 2.05) is 43.3 Å². The van der Waals surface area contributed by atoms with Gasteiger partial charge in [0.25, 0.3) is 5.91 Å². The molecule has 0 atom stereocenters. The summed E-state index contributed by atoms with van der Waals surface area (Å²) in [5.74, 6) is 0.411. The van der Waals surface area contributed by atoms with E-state index in [1.165, 1.54) is 12.1 Å². The first kappa shape index (κ1) is 23.6. The zero-order valence-corrected chi connectivity index (χ0v) is 20.0. The summed E-state index contributed by atoms with van der Waals surface area (Å²) in [6, 6.07) is 23.2. The zero-order chi connectivity index (χ0) is 24.1. The highest BCUT2D eigenvalue weighted by molar-refractivity contribution is 7.90. The zero-order valence-electron chi connectivity index (χ0n) is 19.2. The molecule has 1 amide bonds. The van der Waals surface area contributed by atoms with Crippen molar-refractivity contribution >= 4 is 26.5 Å². The van der Waals surface area contributed by atoms with E-state index < -0.39 is 9.84 Å². The van der Waals surface area contributed by atoms with Crippen molar-refractivity contribution in [3.05, 3.63) is 95.9 Å². The molecule has 176 valence electrons. The Labute approximate surface area is 199 Å². The van der Waals surface area contributed by atoms with Gasteiger partial charge in [0.2, 0.25) is 0 Å². The molecule has 34 heavy (non-hydrogen) atoms. The number of hydrogen-bond donors (Lipinski definition) is 0. The Morgan fingerprint density at radius 3 is 2.44 bits per heavy atom. The standard InChI is InChI=1S/C27H27NO5S/c1-3-17-32-25-15-13-20-9-7-8-12-23(20)24(25)18-28(2)27(29)26-16-14-21(33-26)19-34(30,31)22-10-5-4-6-11-22/h4-16H,3,17-19H2,1-2H3. The van der Waals surface area contributed by atoms with Crippen molar-refractivity contribution < 1.29 is 22.4 Å². The highest BCUT2D eigenvalue weighted by Crippen LogP contribution is 2.30. The van der Waals surface area contributed by atoms with Gasteiger partial charge in [-0.3, -0.25) is 4.79 Å². The van der Waals surface area contributed by atoms with Crippen LogP contribution in [-0.2, 0) is 22.1 Å². The lowest BCUT2D eigenvalue weighted by Crippen LogP contribution is -2.26. The van der Waals surface area contributed by atoms with Crippen molar-refractivity contribution in [3.63, 3.8) is 0 Å². The normalized spacial score (nSPS) is 11.5. The SMILES string of the molecule is CCCOc1ccc2ccccc2c1CN(C)C(=O)c1ccc(CS(=O)(=O)c2ccccc2)o1. The predicted octanol–water partition coefficient (Wildman–Crippen LogP) is 5.47. The highest BCUT2D eigenvalue weighted by atomic mass is 32.2. The second kappa shape index (κ2) is 10.1. The maximum Gasteiger partial charge on any atom is 0.289 e. The minimum absolute atomic E-state index is 0.0945. The van der Waals surface area contributed by atoms with Gasteiger partial charge < -0.3 is 14.1 Å². The third-order valence-corrected chi connectivity index (χ3v) is 7.16. The third kappa shape index (κ3) is 5.15. The van der Waals surface area contributed by atoms with Gasteiger partial charge in [-0.2, -0.15) is 0 Å². The van der Waals surface area contributed by atoms with E-state index in [4.69, 9.17) is 9.15 Å². The van der Waals surface area contributed by atoms with Crippen LogP contribution < -0.4 is 4.74 Å². The molecule has 0 saturated heterocycles. The molecule has 6 nitrogen and oxygen atoms in total. The Morgan fingerprint density at radius 2 is 1.68 bits per heavy atom. The number of furan rings is 1. The first-order valence-electron chi connectivity index (χ1n) is 11.1. The summed E-state index contributed by atoms with van der Waals surface area (Å²) in [7, 11) is -1.88. The first-order chi connectivity index (χ1) is 16.4. The molecule has 3 aromatic carbocycles. The molecule has 7 heteroatoms. The lowest BCUT2D eigenvalue weighted by Gasteiger charge is -2.20. The van der Waals surface area contributed by atoms with Gasteiger partial charge in [0, 0.05) is 12.6 Å². The number of rotatable bonds is 9. The summed E-state index contributed by atoms with van der Waals surface area (Å²) in [6.07, 6.45) is 0.877. The quantitative estimate of drug-likeness (QED) is 0.320. The molecule has 0 unspecified atom stereocenters. The van der Waals surface area contributed by atoms with Crippen LogP contribution in [-0.4, -0.2) is 32.9 Å². The van der Waals surface area contributed by atoms with Crippen LogP contribution in [0.3, 0.4) is 0 Å². The molecule has 4 rings (SSSR count). The fourth-order valence-electron chi connectivity index (χ4n) is 3.79. The van der Waals surface area contributed by atoms with Gasteiger partial charge in [0.05, 0.1) is 18.0 Å². The minimum atomic E-state index is -3.57. The second-order valence-electron chi connectivity index (χ2n) is 8.11. The van der Waals surface area contributed by atoms with E-state index in [0.29, 0.717) is 13.2 Å². The number of carbonyl (C=O) groups is 1. The van der Waals surface area contributed by atoms with E-state index in [-0.39, 0.29) is 28.1 Å². The van der Waals surface area contributed by atoms with Gasteiger partial charge in [-0.25, -0.2) is 8.42 Å². The van der Waals surface area contributed by atoms with E-state index >= 15 is 0 Å². The van der Waals surface area contributed by atoms with Crippen LogP contribution in [0.4, 0.5) is 0 Å². The number of sulfone groups is 1. The van der Waals surface area contributed by atoms with Crippen LogP contribution >= 0.6 is 0 Å². The van der Waals surface area contributed by atoms with Gasteiger partial charge in [-0.05, 0) is 47.5 Å². The van der Waals surface area contributed by atoms with Gasteiger partial charge in [0.1, 0.15) is 17.3 Å². The molecule has 0 aliphatic heterocycles. The first-order valence-corrected chi connectivity index (χ1v) is 12.8. The summed E-state index contributed by atoms with van der Waals surface area (Å²) >= 11 is 0. The largest absolute Gasteiger partial charge is 0.493 e. The van der Waals surface area contributed by atoms with Crippen molar-refractivity contribution in [1.82, 2.24) is 4.90 Å². The molecule has 4 aromatic rings. The van der Waals surface area contributed by atoms with Gasteiger partial charge in [0.15, 0.2) is 15.6 Å². The maximum absolute atomic E-state index is 13.1. The van der Waals surface area contributed by atoms with Gasteiger partial charge in [-0.15, -0.1) is 0 Å². The molecule has 0 saturated carbocycles. The van der Waals surface area contributed by atoms with E-state index in [2.05, 4.69) is 0 Å². The average molecular weight is 478 g/mol. The van der Waals surface area contributed by atoms with Crippen molar-refractivity contribution in [1.29, 1.82) is 0 Å². The predicted molar refractivity (Wildman–Crippen MR) is 132 cm³/mol. The Balaban J connectivity index is 1.54. The summed E-state index contributed by atoms with van der Waals surface area (Å²) in [5.41, 5.74) is 0.917. The molecule has 1 heterocycles. The number of nitrogens with zero attached hydrogens (tertiary/aromatic N) is 1. The molecule has 0 N–H and O–H groups in total. The van der Waals surface area contributed by atoms with Crippen molar-refractivity contribution in [2.24, 2.45) is 0 Å². The van der Waals surface area contributed by atoms with Crippen LogP contribution in [0.1, 0.15) is 35.2 Å². The number of carbonyl (C=O) groups excluding carboxylic acids is 1. The minimum Gasteiger partial charge on any atom is -0.493 e. The summed E-state index contributed by atoms with van der Waals surface area (Å²) in [5, 5.41) is 2.08. The van der Waals surface area contributed by atoms with E-state index in [9.17, 15) is 13.2 Å². The number of fused-ring (bicyclic) bond motifs is 1. The molecule has 0 fully saturated rings. The number of hydrogen-bond acceptors (Lipinski definition) is 5. The van der Waals surface area contributed by atoms with Crippen LogP contribution in [0.5, 0.6) is 5.75 Å². The Hall–Kier alpha value is -3.58. The summed E-state index contributed by atoms with van der Waals surface area (Å²) < 4.78 is 36.9. The molecular formula is C27H27NO5S. The van der Waals surface area contributed by atoms with Crippen LogP contribution in [0.2, 0.25) is 0 Å². The molecule has 0 aliphatic rings. The van der Waals surface area contributed by atoms with E-state index in [1.54, 1.807) is 42.3 Å². The van der Waals surface area contributed by atoms with Crippen LogP contribution in [0.15, 0.2) is 88.2 Å². The molecule has 0 spiro atoms. The van der Waals surface area contributed by atoms with Crippen LogP contribution in [0, 0.1) is 0 Å². The highest BCUT2D eigenvalue weighted by Gasteiger charge is 2.22. The third-order valence-electron chi connectivity index (χ3n) is 5.51. The van der Waals surface area contributed by atoms with Crippen molar-refractivity contribution in [3.8, 4) is 5.75 Å². The van der Waals surface area contributed by atoms with Gasteiger partial charge >= 0.3 is 0 Å². The molecule has 0 radical (unpaired) electrons. The lowest BCUT2D eigenvalue weighted by atomic mass is 10.0. The molecular weight excluding hydrogens is 450 g/mol. The monoisotopic (exact) mass is 477 g/mol. The van der Waals surface area contributed by atoms with Crippen LogP contribution in [0.25, 0.3) is 10.8 Å². The molecule has 0 aliphatic carbocycles. The van der Waals surface area contributed by atoms with Crippen molar-refractivity contribution in [2.75, 3.05) is 13.7 Å². The summed E-state index contributed by atoms with van der Waals surface area (Å²) in [4.78, 5) is 14.9. The molecule has 0 bridgehead atoms. The Bertz CT molecular complexity index is 1390. The number of benzene rings is 3.